The van der Waals surface area contributed by atoms with Gasteiger partial charge in [-0.2, -0.15) is 0 Å². The minimum absolute atomic E-state index is 0.0623. The highest BCUT2D eigenvalue weighted by atomic mass is 16.1. The van der Waals surface area contributed by atoms with E-state index in [0.717, 1.165) is 33.4 Å². The number of nitrogens with one attached hydrogen (secondary N) is 1. The molecule has 0 atom stereocenters. The van der Waals surface area contributed by atoms with Gasteiger partial charge in [-0.3, -0.25) is 10.1 Å². The number of rotatable bonds is 4. The summed E-state index contributed by atoms with van der Waals surface area (Å²) in [5, 5.41) is 3.32. The quantitative estimate of drug-likeness (QED) is 0.434. The van der Waals surface area contributed by atoms with Crippen LogP contribution in [0.4, 0.5) is 5.69 Å². The van der Waals surface area contributed by atoms with Gasteiger partial charge in [0.25, 0.3) is 0 Å². The van der Waals surface area contributed by atoms with Crippen molar-refractivity contribution in [3.63, 3.8) is 0 Å². The van der Waals surface area contributed by atoms with Gasteiger partial charge in [0.1, 0.15) is 0 Å². The van der Waals surface area contributed by atoms with E-state index < -0.39 is 0 Å². The van der Waals surface area contributed by atoms with Gasteiger partial charge in [0, 0.05) is 16.5 Å². The van der Waals surface area contributed by atoms with E-state index in [2.05, 4.69) is 24.2 Å². The van der Waals surface area contributed by atoms with E-state index in [-0.39, 0.29) is 11.9 Å². The Morgan fingerprint density at radius 3 is 2.48 bits per heavy atom. The summed E-state index contributed by atoms with van der Waals surface area (Å²) in [5.41, 5.74) is 10.3. The maximum Gasteiger partial charge on any atom is 0.213 e. The van der Waals surface area contributed by atoms with Gasteiger partial charge in [-0.05, 0) is 12.0 Å². The van der Waals surface area contributed by atoms with E-state index in [9.17, 15) is 4.79 Å². The van der Waals surface area contributed by atoms with Crippen LogP contribution in [0.15, 0.2) is 59.6 Å². The molecular weight excluding hydrogens is 312 g/mol. The Bertz CT molecular complexity index is 933. The smallest absolute Gasteiger partial charge is 0.213 e. The Morgan fingerprint density at radius 1 is 1.12 bits per heavy atom. The Balaban J connectivity index is 2.39. The summed E-state index contributed by atoms with van der Waals surface area (Å²) in [6, 6.07) is 17.8. The first kappa shape index (κ1) is 16.6. The summed E-state index contributed by atoms with van der Waals surface area (Å²) >= 11 is 0. The number of carbonyl (C=O) groups excluding carboxylic acids is 1. The van der Waals surface area contributed by atoms with Crippen molar-refractivity contribution in [2.75, 3.05) is 0 Å². The van der Waals surface area contributed by atoms with Crippen LogP contribution in [0, 0.1) is 0 Å². The molecule has 1 heterocycles. The number of guanidine groups is 1. The fourth-order valence-electron chi connectivity index (χ4n) is 2.91. The van der Waals surface area contributed by atoms with Crippen LogP contribution in [0.2, 0.25) is 0 Å². The van der Waals surface area contributed by atoms with Crippen LogP contribution in [-0.2, 0) is 4.79 Å². The second-order valence-corrected chi connectivity index (χ2v) is 6.02. The number of carbonyl (C=O) groups is 1. The summed E-state index contributed by atoms with van der Waals surface area (Å²) in [6.45, 7) is 4.20. The van der Waals surface area contributed by atoms with Crippen molar-refractivity contribution in [1.82, 2.24) is 10.3 Å². The number of nitrogens with zero attached hydrogens (tertiary/aromatic N) is 2. The van der Waals surface area contributed by atoms with Gasteiger partial charge < -0.3 is 5.73 Å². The van der Waals surface area contributed by atoms with E-state index in [1.807, 2.05) is 54.6 Å². The largest absolute Gasteiger partial charge is 0.369 e. The van der Waals surface area contributed by atoms with Crippen LogP contribution in [0.3, 0.4) is 0 Å². The molecular formula is C20H20N4O. The third kappa shape index (κ3) is 3.35. The number of aromatic nitrogens is 1. The topological polar surface area (TPSA) is 80.4 Å². The van der Waals surface area contributed by atoms with Crippen molar-refractivity contribution in [2.45, 2.75) is 19.8 Å². The third-order valence-electron chi connectivity index (χ3n) is 3.97. The molecule has 126 valence electrons. The molecule has 0 bridgehead atoms. The summed E-state index contributed by atoms with van der Waals surface area (Å²) in [5.74, 6) is 0.238. The van der Waals surface area contributed by atoms with Crippen LogP contribution in [0.5, 0.6) is 0 Å². The van der Waals surface area contributed by atoms with E-state index >= 15 is 0 Å². The molecule has 0 radical (unpaired) electrons. The molecule has 0 unspecified atom stereocenters. The van der Waals surface area contributed by atoms with Gasteiger partial charge in [-0.25, -0.2) is 9.98 Å². The zero-order valence-electron chi connectivity index (χ0n) is 14.2. The second kappa shape index (κ2) is 7.13. The van der Waals surface area contributed by atoms with Crippen LogP contribution < -0.4 is 11.1 Å². The molecule has 3 N–H and O–H groups in total. The molecule has 0 saturated carbocycles. The number of benzene rings is 2. The first-order valence-electron chi connectivity index (χ1n) is 8.14. The van der Waals surface area contributed by atoms with Crippen molar-refractivity contribution in [2.24, 2.45) is 10.7 Å². The number of hydrogen-bond donors (Lipinski definition) is 2. The number of hydrogen-bond acceptors (Lipinski definition) is 3. The zero-order chi connectivity index (χ0) is 17.8. The minimum Gasteiger partial charge on any atom is -0.369 e. The molecule has 2 aromatic carbocycles. The first-order valence-corrected chi connectivity index (χ1v) is 8.14. The van der Waals surface area contributed by atoms with Gasteiger partial charge in [0.2, 0.25) is 6.41 Å². The molecule has 5 nitrogen and oxygen atoms in total. The van der Waals surface area contributed by atoms with E-state index in [4.69, 9.17) is 10.7 Å². The summed E-state index contributed by atoms with van der Waals surface area (Å²) in [4.78, 5) is 20.1. The normalized spacial score (nSPS) is 11.7. The third-order valence-corrected chi connectivity index (χ3v) is 3.97. The number of nitrogens with two attached hydrogens (primary N) is 1. The summed E-state index contributed by atoms with van der Waals surface area (Å²) in [7, 11) is 0. The van der Waals surface area contributed by atoms with E-state index in [1.165, 1.54) is 0 Å². The number of para-hydroxylation sites is 1. The highest BCUT2D eigenvalue weighted by Crippen LogP contribution is 2.39. The van der Waals surface area contributed by atoms with Crippen LogP contribution in [0.25, 0.3) is 22.2 Å². The number of aliphatic imine (C=N–C) groups is 1. The Kier molecular flexibility index (Phi) is 4.75. The number of pyridine rings is 1. The lowest BCUT2D eigenvalue weighted by atomic mass is 9.93. The van der Waals surface area contributed by atoms with Crippen molar-refractivity contribution in [1.29, 1.82) is 0 Å². The van der Waals surface area contributed by atoms with Gasteiger partial charge in [0.05, 0.1) is 16.9 Å². The molecule has 1 aromatic heterocycles. The monoisotopic (exact) mass is 332 g/mol. The fourth-order valence-corrected chi connectivity index (χ4v) is 2.91. The average molecular weight is 332 g/mol. The molecule has 0 aliphatic rings. The standard InChI is InChI=1S/C20H20N4O/c1-13(2)17-18(14-8-4-3-5-9-14)23-16-11-7-6-10-15(16)19(17)24-20(21)22-12-25/h3-13H,1-2H3,(H3,21,22,23,24,25). The Morgan fingerprint density at radius 2 is 1.80 bits per heavy atom. The molecule has 0 fully saturated rings. The Labute approximate surface area is 146 Å². The number of fused-ring (bicyclic) bond motifs is 1. The lowest BCUT2D eigenvalue weighted by Crippen LogP contribution is -2.29. The average Bonchev–Trinajstić information content (AvgIpc) is 2.62. The lowest BCUT2D eigenvalue weighted by Gasteiger charge is -2.18. The molecule has 3 rings (SSSR count). The fraction of sp³-hybridized carbons (Fsp3) is 0.150. The minimum atomic E-state index is 0.0623. The molecule has 0 spiro atoms. The predicted octanol–water partition coefficient (Wildman–Crippen LogP) is 3.72. The van der Waals surface area contributed by atoms with Gasteiger partial charge in [-0.15, -0.1) is 0 Å². The first-order chi connectivity index (χ1) is 12.1. The molecule has 0 saturated heterocycles. The highest BCUT2D eigenvalue weighted by Gasteiger charge is 2.19. The van der Waals surface area contributed by atoms with Gasteiger partial charge in [0.15, 0.2) is 5.96 Å². The second-order valence-electron chi connectivity index (χ2n) is 6.02. The maximum absolute atomic E-state index is 10.7. The van der Waals surface area contributed by atoms with Gasteiger partial charge in [-0.1, -0.05) is 62.4 Å². The van der Waals surface area contributed by atoms with Crippen LogP contribution in [0.1, 0.15) is 25.3 Å². The Hall–Kier alpha value is -3.21. The molecule has 25 heavy (non-hydrogen) atoms. The summed E-state index contributed by atoms with van der Waals surface area (Å²) < 4.78 is 0. The van der Waals surface area contributed by atoms with Crippen LogP contribution in [-0.4, -0.2) is 17.4 Å². The molecule has 1 amide bonds. The van der Waals surface area contributed by atoms with Gasteiger partial charge >= 0.3 is 0 Å². The lowest BCUT2D eigenvalue weighted by molar-refractivity contribution is -0.108. The van der Waals surface area contributed by atoms with Crippen molar-refractivity contribution in [3.8, 4) is 11.3 Å². The predicted molar refractivity (Wildman–Crippen MR) is 102 cm³/mol. The van der Waals surface area contributed by atoms with Crippen molar-refractivity contribution < 1.29 is 4.79 Å². The highest BCUT2D eigenvalue weighted by molar-refractivity contribution is 5.99. The van der Waals surface area contributed by atoms with Crippen molar-refractivity contribution in [3.05, 3.63) is 60.2 Å². The molecule has 3 aromatic rings. The maximum atomic E-state index is 10.7. The van der Waals surface area contributed by atoms with Crippen LogP contribution >= 0.6 is 0 Å². The van der Waals surface area contributed by atoms with E-state index in [0.29, 0.717) is 6.41 Å². The van der Waals surface area contributed by atoms with Crippen molar-refractivity contribution >= 4 is 29.0 Å². The number of amides is 1. The molecule has 5 heteroatoms. The summed E-state index contributed by atoms with van der Waals surface area (Å²) in [6.07, 6.45) is 0.523. The van der Waals surface area contributed by atoms with E-state index in [1.54, 1.807) is 0 Å². The zero-order valence-corrected chi connectivity index (χ0v) is 14.2. The molecule has 0 aliphatic heterocycles. The molecule has 0 aliphatic carbocycles. The SMILES string of the molecule is CC(C)c1c(-c2ccccc2)nc2ccccc2c1N=C(N)NC=O.